The van der Waals surface area contributed by atoms with Crippen molar-refractivity contribution in [3.63, 3.8) is 0 Å². The van der Waals surface area contributed by atoms with E-state index in [4.69, 9.17) is 32.7 Å². The van der Waals surface area contributed by atoms with E-state index >= 15 is 0 Å². The highest BCUT2D eigenvalue weighted by molar-refractivity contribution is 6.30. The monoisotopic (exact) mass is 496 g/mol. The zero-order chi connectivity index (χ0) is 23.5. The van der Waals surface area contributed by atoms with Crippen molar-refractivity contribution in [2.24, 2.45) is 0 Å². The zero-order valence-corrected chi connectivity index (χ0v) is 19.6. The Bertz CT molecular complexity index is 981. The van der Waals surface area contributed by atoms with Crippen LogP contribution in [0.3, 0.4) is 0 Å². The van der Waals surface area contributed by atoms with E-state index in [9.17, 15) is 14.3 Å². The van der Waals surface area contributed by atoms with Crippen molar-refractivity contribution in [3.05, 3.63) is 58.3 Å². The molecular weight excluding hydrogens is 470 g/mol. The highest BCUT2D eigenvalue weighted by Crippen LogP contribution is 2.47. The molecule has 0 saturated heterocycles. The van der Waals surface area contributed by atoms with Crippen LogP contribution in [-0.2, 0) is 4.79 Å². The Labute approximate surface area is 202 Å². The van der Waals surface area contributed by atoms with Gasteiger partial charge in [-0.25, -0.2) is 4.39 Å². The minimum atomic E-state index is -0.599. The number of benzene rings is 2. The third-order valence-electron chi connectivity index (χ3n) is 6.65. The largest absolute Gasteiger partial charge is 0.492 e. The lowest BCUT2D eigenvalue weighted by Crippen LogP contribution is -2.69. The molecule has 3 saturated carbocycles. The number of amides is 1. The molecule has 3 fully saturated rings. The third-order valence-corrected chi connectivity index (χ3v) is 7.21. The van der Waals surface area contributed by atoms with Crippen molar-refractivity contribution in [2.45, 2.75) is 49.3 Å². The SMILES string of the molecule is O=C(COc1ccc(Cl)c(F)c1)NC12CCC(NCCOc3ccc(Cl)cc3)(CC1)C(O)C2. The summed E-state index contributed by atoms with van der Waals surface area (Å²) in [7, 11) is 0. The van der Waals surface area contributed by atoms with Gasteiger partial charge < -0.3 is 25.2 Å². The molecule has 0 aliphatic heterocycles. The Kier molecular flexibility index (Phi) is 7.34. The Morgan fingerprint density at radius 3 is 2.42 bits per heavy atom. The summed E-state index contributed by atoms with van der Waals surface area (Å²) in [6.07, 6.45) is 2.91. The molecule has 5 rings (SSSR count). The maximum absolute atomic E-state index is 13.5. The lowest BCUT2D eigenvalue weighted by molar-refractivity contribution is -0.129. The average molecular weight is 497 g/mol. The van der Waals surface area contributed by atoms with Crippen LogP contribution in [0.5, 0.6) is 11.5 Å². The van der Waals surface area contributed by atoms with Crippen LogP contribution < -0.4 is 20.1 Å². The number of carbonyl (C=O) groups excluding carboxylic acids is 1. The summed E-state index contributed by atoms with van der Waals surface area (Å²) in [5.74, 6) is 0.0901. The number of carbonyl (C=O) groups is 1. The van der Waals surface area contributed by atoms with Gasteiger partial charge in [-0.3, -0.25) is 4.79 Å². The van der Waals surface area contributed by atoms with E-state index in [-0.39, 0.29) is 28.8 Å². The first-order chi connectivity index (χ1) is 15.8. The van der Waals surface area contributed by atoms with Gasteiger partial charge in [0, 0.05) is 28.7 Å². The van der Waals surface area contributed by atoms with E-state index < -0.39 is 17.5 Å². The predicted octanol–water partition coefficient (Wildman–Crippen LogP) is 4.11. The number of nitrogens with one attached hydrogen (secondary N) is 2. The van der Waals surface area contributed by atoms with Gasteiger partial charge in [0.15, 0.2) is 6.61 Å². The maximum atomic E-state index is 13.5. The topological polar surface area (TPSA) is 79.8 Å². The van der Waals surface area contributed by atoms with Crippen molar-refractivity contribution in [1.82, 2.24) is 10.6 Å². The Morgan fingerprint density at radius 1 is 1.06 bits per heavy atom. The molecule has 3 aliphatic carbocycles. The quantitative estimate of drug-likeness (QED) is 0.455. The Morgan fingerprint density at radius 2 is 1.76 bits per heavy atom. The first-order valence-electron chi connectivity index (χ1n) is 11.0. The van der Waals surface area contributed by atoms with Crippen molar-refractivity contribution >= 4 is 29.1 Å². The van der Waals surface area contributed by atoms with Crippen LogP contribution in [0.25, 0.3) is 0 Å². The van der Waals surface area contributed by atoms with Crippen LogP contribution in [0.1, 0.15) is 32.1 Å². The summed E-state index contributed by atoms with van der Waals surface area (Å²) >= 11 is 11.5. The van der Waals surface area contributed by atoms with Gasteiger partial charge in [-0.2, -0.15) is 0 Å². The van der Waals surface area contributed by atoms with E-state index in [1.165, 1.54) is 12.1 Å². The second-order valence-electron chi connectivity index (χ2n) is 8.80. The van der Waals surface area contributed by atoms with Gasteiger partial charge >= 0.3 is 0 Å². The molecule has 178 valence electrons. The van der Waals surface area contributed by atoms with Gasteiger partial charge in [-0.1, -0.05) is 23.2 Å². The second kappa shape index (κ2) is 10.1. The fourth-order valence-corrected chi connectivity index (χ4v) is 5.04. The van der Waals surface area contributed by atoms with Crippen molar-refractivity contribution < 1.29 is 23.8 Å². The summed E-state index contributed by atoms with van der Waals surface area (Å²) in [6, 6.07) is 11.2. The number of fused-ring (bicyclic) bond motifs is 3. The van der Waals surface area contributed by atoms with Crippen molar-refractivity contribution in [2.75, 3.05) is 19.8 Å². The van der Waals surface area contributed by atoms with E-state index in [2.05, 4.69) is 10.6 Å². The molecule has 6 nitrogen and oxygen atoms in total. The van der Waals surface area contributed by atoms with E-state index in [0.29, 0.717) is 24.6 Å². The molecule has 3 aliphatic rings. The van der Waals surface area contributed by atoms with Crippen LogP contribution in [0, 0.1) is 5.82 Å². The summed E-state index contributed by atoms with van der Waals surface area (Å²) in [6.45, 7) is 0.843. The number of rotatable bonds is 9. The van der Waals surface area contributed by atoms with Crippen LogP contribution in [-0.4, -0.2) is 48.0 Å². The highest BCUT2D eigenvalue weighted by Gasteiger charge is 2.54. The molecule has 33 heavy (non-hydrogen) atoms. The molecule has 0 radical (unpaired) electrons. The maximum Gasteiger partial charge on any atom is 0.258 e. The molecule has 2 aromatic rings. The molecule has 9 heteroatoms. The predicted molar refractivity (Wildman–Crippen MR) is 125 cm³/mol. The van der Waals surface area contributed by atoms with Gasteiger partial charge in [-0.05, 0) is 68.5 Å². The second-order valence-corrected chi connectivity index (χ2v) is 9.64. The van der Waals surface area contributed by atoms with Crippen molar-refractivity contribution in [1.29, 1.82) is 0 Å². The lowest BCUT2D eigenvalue weighted by atomic mass is 9.60. The van der Waals surface area contributed by atoms with Gasteiger partial charge in [0.1, 0.15) is 23.9 Å². The standard InChI is InChI=1S/C24H27Cl2FN2O4/c25-16-1-3-17(4-2-16)32-12-11-28-24-9-7-23(8-10-24,14-21(24)30)29-22(31)15-33-18-5-6-19(26)20(27)13-18/h1-6,13,21,28,30H,7-12,14-15H2,(H,29,31). The minimum Gasteiger partial charge on any atom is -0.492 e. The van der Waals surface area contributed by atoms with Crippen LogP contribution >= 0.6 is 23.2 Å². The number of aliphatic hydroxyl groups excluding tert-OH is 1. The summed E-state index contributed by atoms with van der Waals surface area (Å²) < 4.78 is 24.7. The molecule has 1 amide bonds. The van der Waals surface area contributed by atoms with Gasteiger partial charge in [0.05, 0.1) is 11.1 Å². The normalized spacial score (nSPS) is 26.1. The highest BCUT2D eigenvalue weighted by atomic mass is 35.5. The van der Waals surface area contributed by atoms with E-state index in [1.54, 1.807) is 12.1 Å². The lowest BCUT2D eigenvalue weighted by Gasteiger charge is -2.56. The van der Waals surface area contributed by atoms with Crippen LogP contribution in [0.4, 0.5) is 4.39 Å². The molecule has 0 heterocycles. The summed E-state index contributed by atoms with van der Waals surface area (Å²) in [4.78, 5) is 12.5. The van der Waals surface area contributed by atoms with Gasteiger partial charge in [0.2, 0.25) is 0 Å². The molecule has 0 spiro atoms. The van der Waals surface area contributed by atoms with Crippen LogP contribution in [0.2, 0.25) is 10.0 Å². The van der Waals surface area contributed by atoms with Gasteiger partial charge in [0.25, 0.3) is 5.91 Å². The summed E-state index contributed by atoms with van der Waals surface area (Å²) in [5, 5.41) is 18.1. The first-order valence-corrected chi connectivity index (χ1v) is 11.8. The first kappa shape index (κ1) is 24.1. The average Bonchev–Trinajstić information content (AvgIpc) is 2.80. The number of aliphatic hydroxyl groups is 1. The minimum absolute atomic E-state index is 0.00211. The number of halogens is 3. The Balaban J connectivity index is 1.23. The molecule has 1 atom stereocenters. The summed E-state index contributed by atoms with van der Waals surface area (Å²) in [5.41, 5.74) is -0.818. The number of hydrogen-bond acceptors (Lipinski definition) is 5. The van der Waals surface area contributed by atoms with Crippen molar-refractivity contribution in [3.8, 4) is 11.5 Å². The number of ether oxygens (including phenoxy) is 2. The number of hydrogen-bond donors (Lipinski definition) is 3. The molecule has 1 unspecified atom stereocenters. The Hall–Kier alpha value is -2.06. The van der Waals surface area contributed by atoms with Crippen LogP contribution in [0.15, 0.2) is 42.5 Å². The smallest absolute Gasteiger partial charge is 0.258 e. The molecule has 2 aromatic carbocycles. The third kappa shape index (κ3) is 5.72. The van der Waals surface area contributed by atoms with E-state index in [0.717, 1.165) is 37.5 Å². The van der Waals surface area contributed by atoms with Gasteiger partial charge in [-0.15, -0.1) is 0 Å². The fourth-order valence-electron chi connectivity index (χ4n) is 4.80. The molecule has 0 aromatic heterocycles. The fraction of sp³-hybridized carbons (Fsp3) is 0.458. The zero-order valence-electron chi connectivity index (χ0n) is 18.1. The molecular formula is C24H27Cl2FN2O4. The van der Waals surface area contributed by atoms with E-state index in [1.807, 2.05) is 12.1 Å². The molecule has 2 bridgehead atoms. The molecule has 3 N–H and O–H groups in total.